The van der Waals surface area contributed by atoms with Crippen molar-refractivity contribution in [3.63, 3.8) is 0 Å². The van der Waals surface area contributed by atoms with Gasteiger partial charge in [0.15, 0.2) is 0 Å². The Morgan fingerprint density at radius 3 is 2.95 bits per heavy atom. The highest BCUT2D eigenvalue weighted by Crippen LogP contribution is 2.23. The van der Waals surface area contributed by atoms with Crippen LogP contribution < -0.4 is 0 Å². The van der Waals surface area contributed by atoms with Crippen LogP contribution in [0.2, 0.25) is 0 Å². The first-order valence-electron chi connectivity index (χ1n) is 6.81. The van der Waals surface area contributed by atoms with E-state index in [2.05, 4.69) is 0 Å². The maximum Gasteiger partial charge on any atom is 0.254 e. The quantitative estimate of drug-likeness (QED) is 0.876. The van der Waals surface area contributed by atoms with Crippen LogP contribution in [0.1, 0.15) is 35.2 Å². The van der Waals surface area contributed by atoms with Crippen LogP contribution in [-0.2, 0) is 0 Å². The first-order chi connectivity index (χ1) is 9.11. The second-order valence-electron chi connectivity index (χ2n) is 5.27. The second-order valence-corrected chi connectivity index (χ2v) is 5.27. The minimum Gasteiger partial charge on any atom is -0.508 e. The van der Waals surface area contributed by atoms with E-state index in [-0.39, 0.29) is 18.3 Å². The summed E-state index contributed by atoms with van der Waals surface area (Å²) in [6.07, 6.45) is 2.84. The maximum atomic E-state index is 12.5. The molecule has 0 aliphatic carbocycles. The van der Waals surface area contributed by atoms with Gasteiger partial charge in [0.25, 0.3) is 5.91 Å². The summed E-state index contributed by atoms with van der Waals surface area (Å²) in [6.45, 7) is 3.52. The summed E-state index contributed by atoms with van der Waals surface area (Å²) in [7, 11) is 0. The van der Waals surface area contributed by atoms with Crippen LogP contribution in [0, 0.1) is 12.8 Å². The van der Waals surface area contributed by atoms with Gasteiger partial charge in [-0.1, -0.05) is 0 Å². The number of nitrogens with zero attached hydrogens (tertiary/aromatic N) is 1. The molecule has 1 aromatic carbocycles. The van der Waals surface area contributed by atoms with Crippen molar-refractivity contribution < 1.29 is 15.0 Å². The molecule has 1 unspecified atom stereocenters. The number of phenolic OH excluding ortho intramolecular Hbond substituents is 1. The number of likely N-dealkylation sites (tertiary alicyclic amines) is 1. The van der Waals surface area contributed by atoms with Gasteiger partial charge >= 0.3 is 0 Å². The van der Waals surface area contributed by atoms with Crippen molar-refractivity contribution in [1.29, 1.82) is 0 Å². The van der Waals surface area contributed by atoms with Crippen molar-refractivity contribution in [1.82, 2.24) is 4.90 Å². The van der Waals surface area contributed by atoms with Crippen molar-refractivity contribution in [2.24, 2.45) is 5.92 Å². The van der Waals surface area contributed by atoms with Crippen molar-refractivity contribution in [2.75, 3.05) is 19.7 Å². The van der Waals surface area contributed by atoms with Gasteiger partial charge in [-0.2, -0.15) is 0 Å². The molecule has 1 saturated heterocycles. The summed E-state index contributed by atoms with van der Waals surface area (Å²) in [4.78, 5) is 14.3. The molecule has 0 saturated carbocycles. The van der Waals surface area contributed by atoms with Crippen molar-refractivity contribution >= 4 is 5.91 Å². The number of carbonyl (C=O) groups is 1. The van der Waals surface area contributed by atoms with Gasteiger partial charge in [0.2, 0.25) is 0 Å². The summed E-state index contributed by atoms with van der Waals surface area (Å²) in [5.74, 6) is 0.617. The smallest absolute Gasteiger partial charge is 0.254 e. The minimum absolute atomic E-state index is 0.0279. The lowest BCUT2D eigenvalue weighted by Gasteiger charge is -2.33. The van der Waals surface area contributed by atoms with Crippen molar-refractivity contribution in [3.8, 4) is 5.75 Å². The zero-order valence-corrected chi connectivity index (χ0v) is 11.3. The number of aromatic hydroxyl groups is 1. The van der Waals surface area contributed by atoms with E-state index in [1.807, 2.05) is 11.8 Å². The zero-order valence-electron chi connectivity index (χ0n) is 11.3. The molecule has 104 valence electrons. The topological polar surface area (TPSA) is 60.8 Å². The van der Waals surface area contributed by atoms with Gasteiger partial charge in [-0.3, -0.25) is 4.79 Å². The molecular weight excluding hydrogens is 242 g/mol. The van der Waals surface area contributed by atoms with E-state index >= 15 is 0 Å². The van der Waals surface area contributed by atoms with Gasteiger partial charge < -0.3 is 15.1 Å². The molecule has 1 aromatic rings. The Morgan fingerprint density at radius 1 is 1.47 bits per heavy atom. The fourth-order valence-corrected chi connectivity index (χ4v) is 2.73. The largest absolute Gasteiger partial charge is 0.508 e. The molecule has 0 bridgehead atoms. The summed E-state index contributed by atoms with van der Waals surface area (Å²) in [5, 5.41) is 18.4. The van der Waals surface area contributed by atoms with Crippen molar-refractivity contribution in [2.45, 2.75) is 26.2 Å². The number of aliphatic hydroxyl groups excluding tert-OH is 1. The Kier molecular flexibility index (Phi) is 4.43. The lowest BCUT2D eigenvalue weighted by molar-refractivity contribution is 0.0653. The van der Waals surface area contributed by atoms with Gasteiger partial charge in [0.1, 0.15) is 5.75 Å². The van der Waals surface area contributed by atoms with E-state index in [1.54, 1.807) is 18.2 Å². The normalized spacial score (nSPS) is 19.5. The van der Waals surface area contributed by atoms with E-state index in [0.29, 0.717) is 11.5 Å². The number of hydrogen-bond acceptors (Lipinski definition) is 3. The zero-order chi connectivity index (χ0) is 13.8. The molecule has 4 nitrogen and oxygen atoms in total. The number of benzene rings is 1. The standard InChI is InChI=1S/C15H21NO3/c1-11-9-13(18)4-5-14(11)15(19)16-7-2-3-12(10-16)6-8-17/h4-5,9,12,17-18H,2-3,6-8,10H2,1H3. The van der Waals surface area contributed by atoms with E-state index in [4.69, 9.17) is 5.11 Å². The number of rotatable bonds is 3. The van der Waals surface area contributed by atoms with Crippen LogP contribution in [0.15, 0.2) is 18.2 Å². The van der Waals surface area contributed by atoms with Crippen LogP contribution >= 0.6 is 0 Å². The molecule has 1 aliphatic heterocycles. The summed E-state index contributed by atoms with van der Waals surface area (Å²) in [6, 6.07) is 4.85. The number of phenols is 1. The van der Waals surface area contributed by atoms with Gasteiger partial charge in [-0.25, -0.2) is 0 Å². The fourth-order valence-electron chi connectivity index (χ4n) is 2.73. The Balaban J connectivity index is 2.10. The first-order valence-corrected chi connectivity index (χ1v) is 6.81. The average molecular weight is 263 g/mol. The summed E-state index contributed by atoms with van der Waals surface area (Å²) in [5.41, 5.74) is 1.46. The van der Waals surface area contributed by atoms with Crippen LogP contribution in [0.4, 0.5) is 0 Å². The summed E-state index contributed by atoms with van der Waals surface area (Å²) >= 11 is 0. The average Bonchev–Trinajstić information content (AvgIpc) is 2.39. The number of hydrogen-bond donors (Lipinski definition) is 2. The Labute approximate surface area is 113 Å². The number of piperidine rings is 1. The van der Waals surface area contributed by atoms with E-state index in [9.17, 15) is 9.90 Å². The molecule has 1 atom stereocenters. The fraction of sp³-hybridized carbons (Fsp3) is 0.533. The molecule has 0 aromatic heterocycles. The highest BCUT2D eigenvalue weighted by atomic mass is 16.3. The van der Waals surface area contributed by atoms with Gasteiger partial charge in [-0.05, 0) is 55.9 Å². The molecule has 2 rings (SSSR count). The minimum atomic E-state index is 0.0279. The SMILES string of the molecule is Cc1cc(O)ccc1C(=O)N1CCCC(CCO)C1. The molecule has 0 spiro atoms. The van der Waals surface area contributed by atoms with E-state index < -0.39 is 0 Å². The molecule has 2 N–H and O–H groups in total. The predicted octanol–water partition coefficient (Wildman–Crippen LogP) is 1.94. The Hall–Kier alpha value is -1.55. The predicted molar refractivity (Wildman–Crippen MR) is 73.2 cm³/mol. The maximum absolute atomic E-state index is 12.5. The van der Waals surface area contributed by atoms with Gasteiger partial charge in [0.05, 0.1) is 0 Å². The van der Waals surface area contributed by atoms with E-state index in [0.717, 1.165) is 37.9 Å². The van der Waals surface area contributed by atoms with Crippen LogP contribution in [0.3, 0.4) is 0 Å². The monoisotopic (exact) mass is 263 g/mol. The second kappa shape index (κ2) is 6.06. The molecule has 4 heteroatoms. The molecule has 1 fully saturated rings. The molecule has 1 heterocycles. The molecular formula is C15H21NO3. The number of aliphatic hydroxyl groups is 1. The van der Waals surface area contributed by atoms with Gasteiger partial charge in [-0.15, -0.1) is 0 Å². The summed E-state index contributed by atoms with van der Waals surface area (Å²) < 4.78 is 0. The number of aryl methyl sites for hydroxylation is 1. The van der Waals surface area contributed by atoms with Crippen LogP contribution in [0.25, 0.3) is 0 Å². The Morgan fingerprint density at radius 2 is 2.26 bits per heavy atom. The van der Waals surface area contributed by atoms with Crippen molar-refractivity contribution in [3.05, 3.63) is 29.3 Å². The molecule has 1 amide bonds. The number of amides is 1. The third-order valence-electron chi connectivity index (χ3n) is 3.78. The highest BCUT2D eigenvalue weighted by Gasteiger charge is 2.24. The van der Waals surface area contributed by atoms with E-state index in [1.165, 1.54) is 0 Å². The highest BCUT2D eigenvalue weighted by molar-refractivity contribution is 5.95. The molecule has 0 radical (unpaired) electrons. The first kappa shape index (κ1) is 13.9. The lowest BCUT2D eigenvalue weighted by atomic mass is 9.94. The van der Waals surface area contributed by atoms with Crippen LogP contribution in [-0.4, -0.2) is 40.7 Å². The number of carbonyl (C=O) groups excluding carboxylic acids is 1. The Bertz CT molecular complexity index is 457. The van der Waals surface area contributed by atoms with Gasteiger partial charge in [0, 0.05) is 25.3 Å². The third kappa shape index (κ3) is 3.26. The van der Waals surface area contributed by atoms with Crippen LogP contribution in [0.5, 0.6) is 5.75 Å². The lowest BCUT2D eigenvalue weighted by Crippen LogP contribution is -2.40. The third-order valence-corrected chi connectivity index (χ3v) is 3.78. The molecule has 19 heavy (non-hydrogen) atoms. The molecule has 1 aliphatic rings.